The second kappa shape index (κ2) is 8.58. The molecule has 0 saturated carbocycles. The van der Waals surface area contributed by atoms with Crippen molar-refractivity contribution in [3.63, 3.8) is 0 Å². The van der Waals surface area contributed by atoms with E-state index in [1.165, 1.54) is 25.1 Å². The zero-order valence-electron chi connectivity index (χ0n) is 13.4. The van der Waals surface area contributed by atoms with Gasteiger partial charge in [-0.25, -0.2) is 13.6 Å². The predicted molar refractivity (Wildman–Crippen MR) is 89.4 cm³/mol. The highest BCUT2D eigenvalue weighted by atomic mass is 35.5. The van der Waals surface area contributed by atoms with Gasteiger partial charge in [-0.2, -0.15) is 0 Å². The van der Waals surface area contributed by atoms with E-state index in [1.54, 1.807) is 12.1 Å². The van der Waals surface area contributed by atoms with Crippen LogP contribution < -0.4 is 5.32 Å². The number of hydrogen-bond donors (Lipinski definition) is 1. The molecule has 0 aromatic heterocycles. The number of nitrogens with one attached hydrogen (secondary N) is 1. The molecule has 0 saturated heterocycles. The topological polar surface area (TPSA) is 55.4 Å². The molecule has 25 heavy (non-hydrogen) atoms. The Balaban J connectivity index is 1.83. The lowest BCUT2D eigenvalue weighted by atomic mass is 10.1. The van der Waals surface area contributed by atoms with Crippen LogP contribution in [0.15, 0.2) is 42.5 Å². The van der Waals surface area contributed by atoms with Crippen molar-refractivity contribution in [3.05, 3.63) is 70.2 Å². The van der Waals surface area contributed by atoms with Gasteiger partial charge in [-0.3, -0.25) is 4.79 Å². The highest BCUT2D eigenvalue weighted by molar-refractivity contribution is 6.33. The third-order valence-corrected chi connectivity index (χ3v) is 3.74. The molecule has 0 aliphatic carbocycles. The molecule has 0 aliphatic heterocycles. The van der Waals surface area contributed by atoms with E-state index in [-0.39, 0.29) is 16.4 Å². The van der Waals surface area contributed by atoms with Crippen LogP contribution in [-0.2, 0) is 16.0 Å². The molecule has 2 aromatic rings. The van der Waals surface area contributed by atoms with Crippen molar-refractivity contribution in [2.75, 3.05) is 6.54 Å². The smallest absolute Gasteiger partial charge is 0.340 e. The fourth-order valence-electron chi connectivity index (χ4n) is 2.06. The fourth-order valence-corrected chi connectivity index (χ4v) is 2.30. The summed E-state index contributed by atoms with van der Waals surface area (Å²) in [5.41, 5.74) is 0.846. The first-order chi connectivity index (χ1) is 11.9. The van der Waals surface area contributed by atoms with Crippen LogP contribution >= 0.6 is 11.6 Å². The van der Waals surface area contributed by atoms with Gasteiger partial charge in [0.25, 0.3) is 5.91 Å². The number of benzene rings is 2. The Morgan fingerprint density at radius 1 is 1.12 bits per heavy atom. The highest BCUT2D eigenvalue weighted by Gasteiger charge is 2.20. The van der Waals surface area contributed by atoms with Crippen LogP contribution in [0, 0.1) is 11.6 Å². The van der Waals surface area contributed by atoms with Crippen molar-refractivity contribution in [2.45, 2.75) is 19.4 Å². The van der Waals surface area contributed by atoms with Crippen LogP contribution in [-0.4, -0.2) is 24.5 Å². The maximum absolute atomic E-state index is 13.0. The summed E-state index contributed by atoms with van der Waals surface area (Å²) in [7, 11) is 0. The van der Waals surface area contributed by atoms with Gasteiger partial charge in [0, 0.05) is 6.54 Å². The Kier molecular flexibility index (Phi) is 6.47. The fraction of sp³-hybridized carbons (Fsp3) is 0.222. The van der Waals surface area contributed by atoms with Crippen LogP contribution in [0.1, 0.15) is 22.8 Å². The molecule has 0 heterocycles. The average Bonchev–Trinajstić information content (AvgIpc) is 2.56. The van der Waals surface area contributed by atoms with Crippen LogP contribution in [0.4, 0.5) is 8.78 Å². The average molecular weight is 368 g/mol. The van der Waals surface area contributed by atoms with Gasteiger partial charge < -0.3 is 10.1 Å². The van der Waals surface area contributed by atoms with Crippen LogP contribution in [0.5, 0.6) is 0 Å². The number of amides is 1. The van der Waals surface area contributed by atoms with Crippen LogP contribution in [0.25, 0.3) is 0 Å². The summed E-state index contributed by atoms with van der Waals surface area (Å²) >= 11 is 5.78. The molecule has 1 amide bonds. The first kappa shape index (κ1) is 18.9. The van der Waals surface area contributed by atoms with E-state index in [0.29, 0.717) is 13.0 Å². The van der Waals surface area contributed by atoms with Gasteiger partial charge in [0.1, 0.15) is 11.6 Å². The molecule has 0 fully saturated rings. The molecular weight excluding hydrogens is 352 g/mol. The molecule has 0 aliphatic rings. The number of halogens is 3. The number of carbonyl (C=O) groups is 2. The van der Waals surface area contributed by atoms with Crippen molar-refractivity contribution in [3.8, 4) is 0 Å². The predicted octanol–water partition coefficient (Wildman–Crippen LogP) is 3.52. The summed E-state index contributed by atoms with van der Waals surface area (Å²) < 4.78 is 30.8. The molecule has 0 spiro atoms. The van der Waals surface area contributed by atoms with Gasteiger partial charge in [0.15, 0.2) is 6.10 Å². The minimum absolute atomic E-state index is 0.0194. The van der Waals surface area contributed by atoms with Crippen molar-refractivity contribution in [1.29, 1.82) is 0 Å². The Morgan fingerprint density at radius 3 is 2.40 bits per heavy atom. The van der Waals surface area contributed by atoms with Crippen molar-refractivity contribution in [2.24, 2.45) is 0 Å². The Morgan fingerprint density at radius 2 is 1.76 bits per heavy atom. The molecule has 132 valence electrons. The summed E-state index contributed by atoms with van der Waals surface area (Å²) in [6.45, 7) is 1.73. The molecule has 7 heteroatoms. The molecule has 0 radical (unpaired) electrons. The maximum Gasteiger partial charge on any atom is 0.340 e. The first-order valence-electron chi connectivity index (χ1n) is 7.55. The van der Waals surface area contributed by atoms with E-state index in [1.807, 2.05) is 0 Å². The van der Waals surface area contributed by atoms with Gasteiger partial charge >= 0.3 is 5.97 Å². The molecule has 2 rings (SSSR count). The molecular formula is C18H16ClF2NO3. The van der Waals surface area contributed by atoms with Gasteiger partial charge in [-0.05, 0) is 49.2 Å². The lowest BCUT2D eigenvalue weighted by molar-refractivity contribution is -0.129. The standard InChI is InChI=1S/C18H16ClF2NO3/c1-11(25-18(24)15-7-6-14(21)10-16(15)19)17(23)22-9-8-12-2-4-13(20)5-3-12/h2-7,10-11H,8-9H2,1H3,(H,22,23)/t11-/m1/s1. The molecule has 0 unspecified atom stereocenters. The number of carbonyl (C=O) groups excluding carboxylic acids is 2. The van der Waals surface area contributed by atoms with E-state index < -0.39 is 23.8 Å². The number of rotatable bonds is 6. The summed E-state index contributed by atoms with van der Waals surface area (Å²) in [5.74, 6) is -2.19. The second-order valence-corrected chi connectivity index (χ2v) is 5.75. The molecule has 4 nitrogen and oxygen atoms in total. The lowest BCUT2D eigenvalue weighted by Crippen LogP contribution is -2.37. The highest BCUT2D eigenvalue weighted by Crippen LogP contribution is 2.18. The lowest BCUT2D eigenvalue weighted by Gasteiger charge is -2.14. The van der Waals surface area contributed by atoms with Crippen LogP contribution in [0.2, 0.25) is 5.02 Å². The number of hydrogen-bond acceptors (Lipinski definition) is 3. The normalized spacial score (nSPS) is 11.7. The Labute approximate surface area is 148 Å². The van der Waals surface area contributed by atoms with Gasteiger partial charge in [-0.15, -0.1) is 0 Å². The van der Waals surface area contributed by atoms with Gasteiger partial charge in [0.2, 0.25) is 0 Å². The van der Waals surface area contributed by atoms with Gasteiger partial charge in [-0.1, -0.05) is 23.7 Å². The van der Waals surface area contributed by atoms with E-state index >= 15 is 0 Å². The van der Waals surface area contributed by atoms with Crippen molar-refractivity contribution < 1.29 is 23.1 Å². The number of esters is 1. The Bertz CT molecular complexity index is 765. The summed E-state index contributed by atoms with van der Waals surface area (Å²) in [6.07, 6.45) is -0.530. The minimum Gasteiger partial charge on any atom is -0.449 e. The molecule has 1 atom stereocenters. The van der Waals surface area contributed by atoms with E-state index in [0.717, 1.165) is 17.7 Å². The molecule has 1 N–H and O–H groups in total. The summed E-state index contributed by atoms with van der Waals surface area (Å²) in [4.78, 5) is 23.9. The van der Waals surface area contributed by atoms with Crippen LogP contribution in [0.3, 0.4) is 0 Å². The largest absolute Gasteiger partial charge is 0.449 e. The van der Waals surface area contributed by atoms with Gasteiger partial charge in [0.05, 0.1) is 10.6 Å². The second-order valence-electron chi connectivity index (χ2n) is 5.34. The maximum atomic E-state index is 13.0. The minimum atomic E-state index is -1.04. The van der Waals surface area contributed by atoms with Crippen molar-refractivity contribution in [1.82, 2.24) is 5.32 Å². The monoisotopic (exact) mass is 367 g/mol. The number of ether oxygens (including phenoxy) is 1. The van der Waals surface area contributed by atoms with E-state index in [2.05, 4.69) is 5.32 Å². The SMILES string of the molecule is C[C@@H](OC(=O)c1ccc(F)cc1Cl)C(=O)NCCc1ccc(F)cc1. The van der Waals surface area contributed by atoms with E-state index in [9.17, 15) is 18.4 Å². The molecule has 0 bridgehead atoms. The molecule has 2 aromatic carbocycles. The van der Waals surface area contributed by atoms with Crippen molar-refractivity contribution >= 4 is 23.5 Å². The third-order valence-electron chi connectivity index (χ3n) is 3.43. The zero-order chi connectivity index (χ0) is 18.4. The quantitative estimate of drug-likeness (QED) is 0.795. The zero-order valence-corrected chi connectivity index (χ0v) is 14.1. The Hall–Kier alpha value is -2.47. The summed E-state index contributed by atoms with van der Waals surface area (Å²) in [6, 6.07) is 9.20. The third kappa shape index (κ3) is 5.53. The van der Waals surface area contributed by atoms with E-state index in [4.69, 9.17) is 16.3 Å². The first-order valence-corrected chi connectivity index (χ1v) is 7.93. The summed E-state index contributed by atoms with van der Waals surface area (Å²) in [5, 5.41) is 2.53.